The van der Waals surface area contributed by atoms with E-state index in [0.29, 0.717) is 35.0 Å². The summed E-state index contributed by atoms with van der Waals surface area (Å²) in [7, 11) is 1.77. The van der Waals surface area contributed by atoms with E-state index < -0.39 is 0 Å². The minimum atomic E-state index is -0.279. The van der Waals surface area contributed by atoms with Gasteiger partial charge in [0, 0.05) is 37.2 Å². The minimum absolute atomic E-state index is 0.0489. The molecule has 2 aromatic rings. The smallest absolute Gasteiger partial charge is 0.255 e. The van der Waals surface area contributed by atoms with Crippen LogP contribution in [0.25, 0.3) is 0 Å². The van der Waals surface area contributed by atoms with Crippen LogP contribution in [0.2, 0.25) is 0 Å². The molecule has 0 atom stereocenters. The highest BCUT2D eigenvalue weighted by Gasteiger charge is 2.18. The first-order valence-corrected chi connectivity index (χ1v) is 8.69. The molecular formula is C20H23N3O4. The number of ether oxygens (including phenoxy) is 2. The predicted molar refractivity (Wildman–Crippen MR) is 103 cm³/mol. The van der Waals surface area contributed by atoms with E-state index in [-0.39, 0.29) is 24.5 Å². The third kappa shape index (κ3) is 4.13. The molecule has 142 valence electrons. The number of rotatable bonds is 5. The predicted octanol–water partition coefficient (Wildman–Crippen LogP) is 2.86. The van der Waals surface area contributed by atoms with Gasteiger partial charge < -0.3 is 25.4 Å². The number of nitrogen functional groups attached to an aromatic ring is 1. The SMILES string of the molecule is CC(C)C(=O)N(C)Cc1ccc(C(=O)Nc2cc3c(cc2N)OCO3)cc1. The van der Waals surface area contributed by atoms with Gasteiger partial charge in [0.1, 0.15) is 0 Å². The number of carbonyl (C=O) groups excluding carboxylic acids is 2. The fraction of sp³-hybridized carbons (Fsp3) is 0.300. The molecule has 27 heavy (non-hydrogen) atoms. The molecule has 3 rings (SSSR count). The molecule has 7 nitrogen and oxygen atoms in total. The highest BCUT2D eigenvalue weighted by molar-refractivity contribution is 6.06. The number of anilines is 2. The Kier molecular flexibility index (Phi) is 5.21. The summed E-state index contributed by atoms with van der Waals surface area (Å²) in [5, 5.41) is 2.79. The second-order valence-corrected chi connectivity index (χ2v) is 6.79. The van der Waals surface area contributed by atoms with Crippen LogP contribution in [0.5, 0.6) is 11.5 Å². The number of nitrogens with one attached hydrogen (secondary N) is 1. The van der Waals surface area contributed by atoms with Crippen molar-refractivity contribution in [2.45, 2.75) is 20.4 Å². The molecule has 0 saturated heterocycles. The summed E-state index contributed by atoms with van der Waals surface area (Å²) in [6.45, 7) is 4.37. The quantitative estimate of drug-likeness (QED) is 0.791. The third-order valence-corrected chi connectivity index (χ3v) is 4.30. The lowest BCUT2D eigenvalue weighted by atomic mass is 10.1. The third-order valence-electron chi connectivity index (χ3n) is 4.30. The van der Waals surface area contributed by atoms with Crippen molar-refractivity contribution in [3.8, 4) is 11.5 Å². The zero-order valence-corrected chi connectivity index (χ0v) is 15.6. The van der Waals surface area contributed by atoms with Crippen molar-refractivity contribution in [2.24, 2.45) is 5.92 Å². The molecule has 1 aliphatic rings. The lowest BCUT2D eigenvalue weighted by Crippen LogP contribution is -2.29. The number of fused-ring (bicyclic) bond motifs is 1. The molecule has 7 heteroatoms. The normalized spacial score (nSPS) is 12.1. The molecule has 1 aliphatic heterocycles. The number of nitrogens with two attached hydrogens (primary N) is 1. The van der Waals surface area contributed by atoms with Gasteiger partial charge in [-0.2, -0.15) is 0 Å². The first-order chi connectivity index (χ1) is 12.8. The summed E-state index contributed by atoms with van der Waals surface area (Å²) >= 11 is 0. The summed E-state index contributed by atoms with van der Waals surface area (Å²) < 4.78 is 10.6. The van der Waals surface area contributed by atoms with Gasteiger partial charge in [-0.3, -0.25) is 9.59 Å². The van der Waals surface area contributed by atoms with Crippen LogP contribution >= 0.6 is 0 Å². The van der Waals surface area contributed by atoms with Crippen molar-refractivity contribution in [2.75, 3.05) is 24.9 Å². The second kappa shape index (κ2) is 7.57. The van der Waals surface area contributed by atoms with E-state index in [1.165, 1.54) is 0 Å². The Morgan fingerprint density at radius 3 is 2.41 bits per heavy atom. The van der Waals surface area contributed by atoms with E-state index in [1.807, 2.05) is 26.0 Å². The van der Waals surface area contributed by atoms with Gasteiger partial charge in [-0.15, -0.1) is 0 Å². The molecule has 2 amide bonds. The minimum Gasteiger partial charge on any atom is -0.454 e. The molecule has 0 aliphatic carbocycles. The summed E-state index contributed by atoms with van der Waals surface area (Å²) in [4.78, 5) is 26.1. The maximum atomic E-state index is 12.5. The van der Waals surface area contributed by atoms with E-state index in [9.17, 15) is 9.59 Å². The van der Waals surface area contributed by atoms with E-state index >= 15 is 0 Å². The van der Waals surface area contributed by atoms with Crippen LogP contribution in [0.4, 0.5) is 11.4 Å². The molecule has 2 aromatic carbocycles. The Hall–Kier alpha value is -3.22. The van der Waals surface area contributed by atoms with Gasteiger partial charge in [0.25, 0.3) is 5.91 Å². The fourth-order valence-electron chi connectivity index (χ4n) is 2.81. The molecule has 0 unspecified atom stereocenters. The molecule has 0 bridgehead atoms. The Morgan fingerprint density at radius 2 is 1.78 bits per heavy atom. The van der Waals surface area contributed by atoms with Crippen LogP contribution in [0, 0.1) is 5.92 Å². The van der Waals surface area contributed by atoms with Gasteiger partial charge in [-0.25, -0.2) is 0 Å². The van der Waals surface area contributed by atoms with Crippen LogP contribution in [0.1, 0.15) is 29.8 Å². The van der Waals surface area contributed by atoms with Crippen LogP contribution < -0.4 is 20.5 Å². The topological polar surface area (TPSA) is 93.9 Å². The number of hydrogen-bond donors (Lipinski definition) is 2. The number of amides is 2. The Labute approximate surface area is 158 Å². The molecular weight excluding hydrogens is 346 g/mol. The Balaban J connectivity index is 1.67. The maximum Gasteiger partial charge on any atom is 0.255 e. The lowest BCUT2D eigenvalue weighted by molar-refractivity contribution is -0.133. The first kappa shape index (κ1) is 18.6. The molecule has 0 saturated carbocycles. The molecule has 0 fully saturated rings. The summed E-state index contributed by atoms with van der Waals surface area (Å²) in [5.41, 5.74) is 8.28. The summed E-state index contributed by atoms with van der Waals surface area (Å²) in [6, 6.07) is 10.4. The second-order valence-electron chi connectivity index (χ2n) is 6.79. The van der Waals surface area contributed by atoms with Crippen molar-refractivity contribution in [3.05, 3.63) is 47.5 Å². The van der Waals surface area contributed by atoms with Gasteiger partial charge in [-0.05, 0) is 17.7 Å². The Bertz CT molecular complexity index is 862. The fourth-order valence-corrected chi connectivity index (χ4v) is 2.81. The first-order valence-electron chi connectivity index (χ1n) is 8.69. The molecule has 0 radical (unpaired) electrons. The van der Waals surface area contributed by atoms with Crippen LogP contribution in [-0.4, -0.2) is 30.6 Å². The standard InChI is InChI=1S/C20H23N3O4/c1-12(2)20(25)23(3)10-13-4-6-14(7-5-13)19(24)22-16-9-18-17(8-15(16)21)26-11-27-18/h4-9,12H,10-11,21H2,1-3H3,(H,22,24). The maximum absolute atomic E-state index is 12.5. The number of carbonyl (C=O) groups is 2. The Morgan fingerprint density at radius 1 is 1.15 bits per heavy atom. The van der Waals surface area contributed by atoms with E-state index in [2.05, 4.69) is 5.32 Å². The van der Waals surface area contributed by atoms with E-state index in [4.69, 9.17) is 15.2 Å². The monoisotopic (exact) mass is 369 g/mol. The van der Waals surface area contributed by atoms with Crippen LogP contribution in [0.15, 0.2) is 36.4 Å². The average molecular weight is 369 g/mol. The number of hydrogen-bond acceptors (Lipinski definition) is 5. The van der Waals surface area contributed by atoms with Crippen molar-refractivity contribution in [3.63, 3.8) is 0 Å². The van der Waals surface area contributed by atoms with Gasteiger partial charge in [-0.1, -0.05) is 26.0 Å². The molecule has 0 aromatic heterocycles. The van der Waals surface area contributed by atoms with Gasteiger partial charge >= 0.3 is 0 Å². The molecule has 1 heterocycles. The van der Waals surface area contributed by atoms with Gasteiger partial charge in [0.05, 0.1) is 11.4 Å². The van der Waals surface area contributed by atoms with Crippen molar-refractivity contribution in [1.29, 1.82) is 0 Å². The number of nitrogens with zero attached hydrogens (tertiary/aromatic N) is 1. The summed E-state index contributed by atoms with van der Waals surface area (Å²) in [5.74, 6) is 0.865. The van der Waals surface area contributed by atoms with Crippen molar-refractivity contribution < 1.29 is 19.1 Å². The van der Waals surface area contributed by atoms with Crippen molar-refractivity contribution >= 4 is 23.2 Å². The molecule has 0 spiro atoms. The van der Waals surface area contributed by atoms with Gasteiger partial charge in [0.2, 0.25) is 12.7 Å². The van der Waals surface area contributed by atoms with E-state index in [1.54, 1.807) is 36.2 Å². The van der Waals surface area contributed by atoms with E-state index in [0.717, 1.165) is 5.56 Å². The average Bonchev–Trinajstić information content (AvgIpc) is 3.08. The lowest BCUT2D eigenvalue weighted by Gasteiger charge is -2.19. The highest BCUT2D eigenvalue weighted by Crippen LogP contribution is 2.38. The van der Waals surface area contributed by atoms with Crippen LogP contribution in [-0.2, 0) is 11.3 Å². The zero-order chi connectivity index (χ0) is 19.6. The number of benzene rings is 2. The van der Waals surface area contributed by atoms with Gasteiger partial charge in [0.15, 0.2) is 11.5 Å². The summed E-state index contributed by atoms with van der Waals surface area (Å²) in [6.07, 6.45) is 0. The largest absolute Gasteiger partial charge is 0.454 e. The van der Waals surface area contributed by atoms with Crippen molar-refractivity contribution in [1.82, 2.24) is 4.90 Å². The molecule has 3 N–H and O–H groups in total. The zero-order valence-electron chi connectivity index (χ0n) is 15.6. The highest BCUT2D eigenvalue weighted by atomic mass is 16.7. The van der Waals surface area contributed by atoms with Crippen LogP contribution in [0.3, 0.4) is 0 Å².